The summed E-state index contributed by atoms with van der Waals surface area (Å²) in [6, 6.07) is 19.0. The van der Waals surface area contributed by atoms with Crippen molar-refractivity contribution in [1.29, 1.82) is 0 Å². The van der Waals surface area contributed by atoms with Crippen LogP contribution in [0.4, 0.5) is 11.4 Å². The summed E-state index contributed by atoms with van der Waals surface area (Å²) in [5.74, 6) is -0.333. The maximum Gasteiger partial charge on any atom is 0.276 e. The zero-order valence-corrected chi connectivity index (χ0v) is 15.1. The Morgan fingerprint density at radius 1 is 1.07 bits per heavy atom. The molecular weight excluding hydrogens is 340 g/mol. The summed E-state index contributed by atoms with van der Waals surface area (Å²) >= 11 is 0. The maximum absolute atomic E-state index is 12.6. The van der Waals surface area contributed by atoms with Crippen molar-refractivity contribution in [2.45, 2.75) is 13.0 Å². The second-order valence-corrected chi connectivity index (χ2v) is 6.59. The Morgan fingerprint density at radius 3 is 2.70 bits per heavy atom. The first kappa shape index (κ1) is 17.0. The molecule has 0 spiro atoms. The zero-order valence-electron chi connectivity index (χ0n) is 15.1. The number of benzene rings is 2. The number of hydrogen-bond acceptors (Lipinski definition) is 4. The standard InChI is InChI=1S/C21H20N4O2/c1-24-20(26)11-10-18(23-24)21(27)22-17-8-4-2-7-16(17)14-25-13-12-15-6-3-5-9-19(15)25/h2-11H,12-14H2,1H3,(H,22,27). The summed E-state index contributed by atoms with van der Waals surface area (Å²) in [5, 5.41) is 6.94. The van der Waals surface area contributed by atoms with Gasteiger partial charge >= 0.3 is 0 Å². The Balaban J connectivity index is 1.56. The monoisotopic (exact) mass is 360 g/mol. The summed E-state index contributed by atoms with van der Waals surface area (Å²) < 4.78 is 1.15. The fraction of sp³-hybridized carbons (Fsp3) is 0.190. The molecule has 0 saturated carbocycles. The fourth-order valence-electron chi connectivity index (χ4n) is 3.37. The summed E-state index contributed by atoms with van der Waals surface area (Å²) in [7, 11) is 1.53. The highest BCUT2D eigenvalue weighted by Gasteiger charge is 2.20. The number of rotatable bonds is 4. The molecular formula is C21H20N4O2. The highest BCUT2D eigenvalue weighted by Crippen LogP contribution is 2.30. The summed E-state index contributed by atoms with van der Waals surface area (Å²) in [5.41, 5.74) is 4.35. The molecule has 1 amide bonds. The molecule has 2 aromatic carbocycles. The number of aromatic nitrogens is 2. The van der Waals surface area contributed by atoms with Crippen LogP contribution in [-0.2, 0) is 20.0 Å². The Labute approximate surface area is 157 Å². The molecule has 3 aromatic rings. The number of para-hydroxylation sites is 2. The molecule has 2 heterocycles. The number of carbonyl (C=O) groups excluding carboxylic acids is 1. The van der Waals surface area contributed by atoms with Crippen LogP contribution in [-0.4, -0.2) is 22.2 Å². The van der Waals surface area contributed by atoms with E-state index in [0.717, 1.165) is 28.9 Å². The first-order chi connectivity index (χ1) is 13.1. The van der Waals surface area contributed by atoms with E-state index in [1.807, 2.05) is 24.3 Å². The molecule has 4 rings (SSSR count). The SMILES string of the molecule is Cn1nc(C(=O)Nc2ccccc2CN2CCc3ccccc32)ccc1=O. The van der Waals surface area contributed by atoms with Gasteiger partial charge in [0.25, 0.3) is 11.5 Å². The third-order valence-electron chi connectivity index (χ3n) is 4.80. The number of nitrogens with zero attached hydrogens (tertiary/aromatic N) is 3. The van der Waals surface area contributed by atoms with Crippen molar-refractivity contribution < 1.29 is 4.79 Å². The van der Waals surface area contributed by atoms with E-state index in [-0.39, 0.29) is 17.2 Å². The lowest BCUT2D eigenvalue weighted by Crippen LogP contribution is -2.24. The van der Waals surface area contributed by atoms with Gasteiger partial charge in [-0.15, -0.1) is 0 Å². The molecule has 1 aromatic heterocycles. The van der Waals surface area contributed by atoms with E-state index in [4.69, 9.17) is 0 Å². The first-order valence-corrected chi connectivity index (χ1v) is 8.88. The molecule has 0 saturated heterocycles. The van der Waals surface area contributed by atoms with Gasteiger partial charge in [0.2, 0.25) is 0 Å². The van der Waals surface area contributed by atoms with Crippen molar-refractivity contribution in [2.75, 3.05) is 16.8 Å². The number of nitrogens with one attached hydrogen (secondary N) is 1. The van der Waals surface area contributed by atoms with Crippen LogP contribution in [0.3, 0.4) is 0 Å². The lowest BCUT2D eigenvalue weighted by molar-refractivity contribution is 0.102. The minimum absolute atomic E-state index is 0.207. The Bertz CT molecular complexity index is 1060. The number of carbonyl (C=O) groups is 1. The maximum atomic E-state index is 12.6. The average molecular weight is 360 g/mol. The van der Waals surface area contributed by atoms with Crippen LogP contribution in [0.5, 0.6) is 0 Å². The van der Waals surface area contributed by atoms with Crippen LogP contribution in [0.1, 0.15) is 21.6 Å². The molecule has 6 heteroatoms. The molecule has 0 bridgehead atoms. The minimum Gasteiger partial charge on any atom is -0.367 e. The Morgan fingerprint density at radius 2 is 1.85 bits per heavy atom. The van der Waals surface area contributed by atoms with Crippen molar-refractivity contribution in [2.24, 2.45) is 7.05 Å². The van der Waals surface area contributed by atoms with E-state index in [9.17, 15) is 9.59 Å². The molecule has 0 atom stereocenters. The molecule has 0 radical (unpaired) electrons. The van der Waals surface area contributed by atoms with Crippen molar-refractivity contribution in [3.63, 3.8) is 0 Å². The second kappa shape index (κ2) is 7.07. The van der Waals surface area contributed by atoms with Crippen LogP contribution < -0.4 is 15.8 Å². The Kier molecular flexibility index (Phi) is 4.46. The van der Waals surface area contributed by atoms with Gasteiger partial charge in [0.05, 0.1) is 0 Å². The largest absolute Gasteiger partial charge is 0.367 e. The molecule has 0 fully saturated rings. The summed E-state index contributed by atoms with van der Waals surface area (Å²) in [6.45, 7) is 1.68. The van der Waals surface area contributed by atoms with Crippen LogP contribution in [0, 0.1) is 0 Å². The van der Waals surface area contributed by atoms with Gasteiger partial charge in [-0.25, -0.2) is 4.68 Å². The van der Waals surface area contributed by atoms with Crippen molar-refractivity contribution in [1.82, 2.24) is 9.78 Å². The molecule has 6 nitrogen and oxygen atoms in total. The van der Waals surface area contributed by atoms with Crippen LogP contribution in [0.15, 0.2) is 65.5 Å². The zero-order chi connectivity index (χ0) is 18.8. The van der Waals surface area contributed by atoms with Crippen molar-refractivity contribution in [3.05, 3.63) is 87.8 Å². The molecule has 0 aliphatic carbocycles. The van der Waals surface area contributed by atoms with Gasteiger partial charge in [-0.3, -0.25) is 9.59 Å². The van der Waals surface area contributed by atoms with Gasteiger partial charge in [-0.1, -0.05) is 36.4 Å². The van der Waals surface area contributed by atoms with Crippen LogP contribution in [0.2, 0.25) is 0 Å². The fourth-order valence-corrected chi connectivity index (χ4v) is 3.37. The summed E-state index contributed by atoms with van der Waals surface area (Å²) in [4.78, 5) is 26.4. The predicted molar refractivity (Wildman–Crippen MR) is 105 cm³/mol. The normalized spacial score (nSPS) is 12.7. The first-order valence-electron chi connectivity index (χ1n) is 8.88. The van der Waals surface area contributed by atoms with E-state index >= 15 is 0 Å². The van der Waals surface area contributed by atoms with E-state index < -0.39 is 0 Å². The molecule has 1 N–H and O–H groups in total. The lowest BCUT2D eigenvalue weighted by atomic mass is 10.1. The number of fused-ring (bicyclic) bond motifs is 1. The predicted octanol–water partition coefficient (Wildman–Crippen LogP) is 2.60. The molecule has 27 heavy (non-hydrogen) atoms. The topological polar surface area (TPSA) is 67.2 Å². The smallest absolute Gasteiger partial charge is 0.276 e. The highest BCUT2D eigenvalue weighted by atomic mass is 16.2. The Hall–Kier alpha value is -3.41. The minimum atomic E-state index is -0.333. The van der Waals surface area contributed by atoms with Crippen LogP contribution in [0.25, 0.3) is 0 Å². The number of anilines is 2. The quantitative estimate of drug-likeness (QED) is 0.777. The van der Waals surface area contributed by atoms with Gasteiger partial charge in [-0.05, 0) is 35.7 Å². The van der Waals surface area contributed by atoms with Gasteiger partial charge < -0.3 is 10.2 Å². The van der Waals surface area contributed by atoms with Crippen molar-refractivity contribution >= 4 is 17.3 Å². The van der Waals surface area contributed by atoms with E-state index in [1.54, 1.807) is 0 Å². The van der Waals surface area contributed by atoms with E-state index in [1.165, 1.54) is 30.4 Å². The lowest BCUT2D eigenvalue weighted by Gasteiger charge is -2.21. The average Bonchev–Trinajstić information content (AvgIpc) is 3.08. The van der Waals surface area contributed by atoms with Gasteiger partial charge in [0, 0.05) is 37.6 Å². The summed E-state index contributed by atoms with van der Waals surface area (Å²) in [6.07, 6.45) is 1.03. The van der Waals surface area contributed by atoms with Gasteiger partial charge in [0.15, 0.2) is 0 Å². The second-order valence-electron chi connectivity index (χ2n) is 6.59. The van der Waals surface area contributed by atoms with E-state index in [0.29, 0.717) is 6.54 Å². The molecule has 1 aliphatic heterocycles. The number of aryl methyl sites for hydroxylation is 1. The molecule has 136 valence electrons. The van der Waals surface area contributed by atoms with Gasteiger partial charge in [0.1, 0.15) is 5.69 Å². The van der Waals surface area contributed by atoms with E-state index in [2.05, 4.69) is 39.6 Å². The third kappa shape index (κ3) is 3.46. The van der Waals surface area contributed by atoms with Gasteiger partial charge in [-0.2, -0.15) is 5.10 Å². The number of amides is 1. The number of hydrogen-bond donors (Lipinski definition) is 1. The van der Waals surface area contributed by atoms with Crippen molar-refractivity contribution in [3.8, 4) is 0 Å². The molecule has 0 unspecified atom stereocenters. The molecule has 1 aliphatic rings. The third-order valence-corrected chi connectivity index (χ3v) is 4.80. The highest BCUT2D eigenvalue weighted by molar-refractivity contribution is 6.03. The van der Waals surface area contributed by atoms with Crippen LogP contribution >= 0.6 is 0 Å².